The normalized spacial score (nSPS) is 20.5. The SMILES string of the molecule is COc1cccc([C@H]2Nc3ccc(S(=O)(=O)Nc4ccc(Cl)cc4C)cc3[C@H]3C=CC[C@H]32)c1OC. The molecular formula is C27H27ClN2O4S. The summed E-state index contributed by atoms with van der Waals surface area (Å²) in [6.45, 7) is 1.82. The molecule has 0 saturated heterocycles. The van der Waals surface area contributed by atoms with Crippen LogP contribution in [0, 0.1) is 12.8 Å². The lowest BCUT2D eigenvalue weighted by Crippen LogP contribution is -2.29. The first-order valence-electron chi connectivity index (χ1n) is 11.4. The van der Waals surface area contributed by atoms with E-state index in [2.05, 4.69) is 28.3 Å². The monoisotopic (exact) mass is 510 g/mol. The maximum atomic E-state index is 13.2. The van der Waals surface area contributed by atoms with Crippen molar-refractivity contribution in [3.8, 4) is 11.5 Å². The standard InChI is InChI=1S/C27H27ClN2O4S/c1-16-14-17(28)10-12-23(16)30-35(31,32)18-11-13-24-22(15-18)19-6-4-7-20(19)26(29-24)21-8-5-9-25(33-2)27(21)34-3/h4-6,8-15,19-20,26,29-30H,7H2,1-3H3/t19-,20+,26-/m0/s1. The second-order valence-electron chi connectivity index (χ2n) is 8.87. The highest BCUT2D eigenvalue weighted by molar-refractivity contribution is 7.92. The molecule has 2 N–H and O–H groups in total. The Morgan fingerprint density at radius 3 is 2.60 bits per heavy atom. The van der Waals surface area contributed by atoms with E-state index in [1.54, 1.807) is 44.6 Å². The van der Waals surface area contributed by atoms with Crippen molar-refractivity contribution >= 4 is 33.0 Å². The first-order chi connectivity index (χ1) is 16.8. The Morgan fingerprint density at radius 2 is 1.86 bits per heavy atom. The fourth-order valence-electron chi connectivity index (χ4n) is 5.15. The molecule has 0 spiro atoms. The van der Waals surface area contributed by atoms with Crippen molar-refractivity contribution in [1.82, 2.24) is 0 Å². The van der Waals surface area contributed by atoms with E-state index in [1.165, 1.54) is 0 Å². The Morgan fingerprint density at radius 1 is 1.03 bits per heavy atom. The number of hydrogen-bond acceptors (Lipinski definition) is 5. The number of benzene rings is 3. The summed E-state index contributed by atoms with van der Waals surface area (Å²) in [4.78, 5) is 0.226. The van der Waals surface area contributed by atoms with Gasteiger partial charge in [0.05, 0.1) is 30.8 Å². The van der Waals surface area contributed by atoms with E-state index in [0.29, 0.717) is 22.2 Å². The molecule has 2 aliphatic rings. The second-order valence-corrected chi connectivity index (χ2v) is 11.0. The number of halogens is 1. The third kappa shape index (κ3) is 4.23. The molecule has 1 heterocycles. The molecule has 3 atom stereocenters. The van der Waals surface area contributed by atoms with Gasteiger partial charge in [-0.3, -0.25) is 4.72 Å². The van der Waals surface area contributed by atoms with E-state index in [9.17, 15) is 8.42 Å². The number of aryl methyl sites for hydroxylation is 1. The van der Waals surface area contributed by atoms with E-state index >= 15 is 0 Å². The lowest BCUT2D eigenvalue weighted by Gasteiger charge is -2.38. The molecule has 0 saturated carbocycles. The molecule has 0 unspecified atom stereocenters. The van der Waals surface area contributed by atoms with E-state index in [4.69, 9.17) is 21.1 Å². The Kier molecular flexibility index (Phi) is 6.15. The van der Waals surface area contributed by atoms with Gasteiger partial charge in [-0.05, 0) is 72.9 Å². The highest BCUT2D eigenvalue weighted by atomic mass is 35.5. The predicted octanol–water partition coefficient (Wildman–Crippen LogP) is 6.29. The fourth-order valence-corrected chi connectivity index (χ4v) is 6.54. The number of sulfonamides is 1. The Hall–Kier alpha value is -3.16. The van der Waals surface area contributed by atoms with Crippen LogP contribution < -0.4 is 19.5 Å². The van der Waals surface area contributed by atoms with Gasteiger partial charge in [0.15, 0.2) is 11.5 Å². The first-order valence-corrected chi connectivity index (χ1v) is 13.3. The number of anilines is 2. The van der Waals surface area contributed by atoms with Gasteiger partial charge in [0, 0.05) is 22.2 Å². The summed E-state index contributed by atoms with van der Waals surface area (Å²) >= 11 is 6.02. The van der Waals surface area contributed by atoms with Crippen molar-refractivity contribution in [1.29, 1.82) is 0 Å². The highest BCUT2D eigenvalue weighted by Gasteiger charge is 2.40. The maximum Gasteiger partial charge on any atom is 0.261 e. The quantitative estimate of drug-likeness (QED) is 0.381. The maximum absolute atomic E-state index is 13.2. The molecule has 1 aliphatic carbocycles. The molecule has 0 amide bonds. The minimum absolute atomic E-state index is 0.00940. The van der Waals surface area contributed by atoms with Crippen LogP contribution in [0.25, 0.3) is 0 Å². The number of ether oxygens (including phenoxy) is 2. The number of rotatable bonds is 6. The zero-order valence-corrected chi connectivity index (χ0v) is 21.3. The molecule has 0 aromatic heterocycles. The zero-order chi connectivity index (χ0) is 24.7. The van der Waals surface area contributed by atoms with Crippen molar-refractivity contribution in [2.45, 2.75) is 30.2 Å². The van der Waals surface area contributed by atoms with Crippen LogP contribution in [0.5, 0.6) is 11.5 Å². The number of methoxy groups -OCH3 is 2. The van der Waals surface area contributed by atoms with Gasteiger partial charge in [-0.2, -0.15) is 0 Å². The minimum atomic E-state index is -3.78. The van der Waals surface area contributed by atoms with Crippen molar-refractivity contribution in [3.05, 3.63) is 88.5 Å². The Labute approximate surface area is 211 Å². The van der Waals surface area contributed by atoms with E-state index < -0.39 is 10.0 Å². The van der Waals surface area contributed by atoms with Crippen LogP contribution in [0.15, 0.2) is 71.6 Å². The summed E-state index contributed by atoms with van der Waals surface area (Å²) < 4.78 is 40.4. The van der Waals surface area contributed by atoms with Crippen LogP contribution in [0.4, 0.5) is 11.4 Å². The van der Waals surface area contributed by atoms with E-state index in [0.717, 1.165) is 28.8 Å². The van der Waals surface area contributed by atoms with Crippen molar-refractivity contribution in [3.63, 3.8) is 0 Å². The van der Waals surface area contributed by atoms with E-state index in [-0.39, 0.29) is 22.8 Å². The lowest BCUT2D eigenvalue weighted by atomic mass is 9.77. The Bertz CT molecular complexity index is 1420. The minimum Gasteiger partial charge on any atom is -0.493 e. The summed E-state index contributed by atoms with van der Waals surface area (Å²) in [7, 11) is -0.498. The van der Waals surface area contributed by atoms with Crippen LogP contribution in [0.1, 0.15) is 35.1 Å². The molecule has 3 aromatic rings. The zero-order valence-electron chi connectivity index (χ0n) is 19.7. The first kappa shape index (κ1) is 23.6. The molecule has 6 nitrogen and oxygen atoms in total. The lowest BCUT2D eigenvalue weighted by molar-refractivity contribution is 0.341. The van der Waals surface area contributed by atoms with Gasteiger partial charge in [0.1, 0.15) is 0 Å². The summed E-state index contributed by atoms with van der Waals surface area (Å²) in [5.74, 6) is 1.70. The number of para-hydroxylation sites is 1. The molecular weight excluding hydrogens is 484 g/mol. The van der Waals surface area contributed by atoms with Gasteiger partial charge in [-0.25, -0.2) is 8.42 Å². The van der Waals surface area contributed by atoms with Crippen molar-refractivity contribution in [2.24, 2.45) is 5.92 Å². The molecule has 0 fully saturated rings. The van der Waals surface area contributed by atoms with Gasteiger partial charge in [0.25, 0.3) is 10.0 Å². The molecule has 0 bridgehead atoms. The number of hydrogen-bond donors (Lipinski definition) is 2. The molecule has 3 aromatic carbocycles. The van der Waals surface area contributed by atoms with Gasteiger partial charge < -0.3 is 14.8 Å². The van der Waals surface area contributed by atoms with Crippen LogP contribution in [-0.2, 0) is 10.0 Å². The number of nitrogens with one attached hydrogen (secondary N) is 2. The fraction of sp³-hybridized carbons (Fsp3) is 0.259. The molecule has 35 heavy (non-hydrogen) atoms. The summed E-state index contributed by atoms with van der Waals surface area (Å²) in [6.07, 6.45) is 5.22. The van der Waals surface area contributed by atoms with E-state index in [1.807, 2.05) is 25.1 Å². The van der Waals surface area contributed by atoms with Gasteiger partial charge in [-0.15, -0.1) is 0 Å². The smallest absolute Gasteiger partial charge is 0.261 e. The summed E-state index contributed by atoms with van der Waals surface area (Å²) in [5, 5.41) is 4.21. The predicted molar refractivity (Wildman–Crippen MR) is 139 cm³/mol. The number of allylic oxidation sites excluding steroid dienone is 2. The number of fused-ring (bicyclic) bond motifs is 3. The third-order valence-corrected chi connectivity index (χ3v) is 8.44. The third-order valence-electron chi connectivity index (χ3n) is 6.85. The molecule has 182 valence electrons. The van der Waals surface area contributed by atoms with Crippen LogP contribution in [0.2, 0.25) is 5.02 Å². The summed E-state index contributed by atoms with van der Waals surface area (Å²) in [6, 6.07) is 16.2. The second kappa shape index (κ2) is 9.13. The topological polar surface area (TPSA) is 76.7 Å². The largest absolute Gasteiger partial charge is 0.493 e. The van der Waals surface area contributed by atoms with Crippen LogP contribution >= 0.6 is 11.6 Å². The molecule has 0 radical (unpaired) electrons. The molecule has 5 rings (SSSR count). The van der Waals surface area contributed by atoms with Crippen molar-refractivity contribution < 1.29 is 17.9 Å². The summed E-state index contributed by atoms with van der Waals surface area (Å²) in [5.41, 5.74) is 4.17. The Balaban J connectivity index is 1.51. The molecule has 1 aliphatic heterocycles. The van der Waals surface area contributed by atoms with Crippen LogP contribution in [0.3, 0.4) is 0 Å². The molecule has 8 heteroatoms. The van der Waals surface area contributed by atoms with Crippen molar-refractivity contribution in [2.75, 3.05) is 24.3 Å². The highest BCUT2D eigenvalue weighted by Crippen LogP contribution is 2.52. The average molecular weight is 511 g/mol. The van der Waals surface area contributed by atoms with Gasteiger partial charge in [-0.1, -0.05) is 35.9 Å². The average Bonchev–Trinajstić information content (AvgIpc) is 3.35. The van der Waals surface area contributed by atoms with Crippen LogP contribution in [-0.4, -0.2) is 22.6 Å². The van der Waals surface area contributed by atoms with Gasteiger partial charge in [0.2, 0.25) is 0 Å². The van der Waals surface area contributed by atoms with Gasteiger partial charge >= 0.3 is 0 Å².